The van der Waals surface area contributed by atoms with E-state index in [9.17, 15) is 22.4 Å². The van der Waals surface area contributed by atoms with E-state index in [2.05, 4.69) is 9.71 Å². The van der Waals surface area contributed by atoms with Crippen LogP contribution in [0.3, 0.4) is 0 Å². The summed E-state index contributed by atoms with van der Waals surface area (Å²) < 4.78 is 40.7. The number of hydrogen-bond donors (Lipinski definition) is 1. The van der Waals surface area contributed by atoms with Crippen LogP contribution in [0, 0.1) is 5.82 Å². The molecule has 7 nitrogen and oxygen atoms in total. The minimum absolute atomic E-state index is 0.00877. The largest absolute Gasteiger partial charge is 0.279 e. The average Bonchev–Trinajstić information content (AvgIpc) is 2.96. The Hall–Kier alpha value is -3.30. The Labute approximate surface area is 169 Å². The monoisotopic (exact) mass is 431 g/mol. The molecule has 0 fully saturated rings. The van der Waals surface area contributed by atoms with Crippen molar-refractivity contribution in [2.75, 3.05) is 9.62 Å². The zero-order chi connectivity index (χ0) is 20.8. The van der Waals surface area contributed by atoms with Crippen LogP contribution in [0.1, 0.15) is 20.7 Å². The summed E-state index contributed by atoms with van der Waals surface area (Å²) in [6.45, 7) is 0. The number of halogens is 2. The van der Waals surface area contributed by atoms with Crippen molar-refractivity contribution in [3.63, 3.8) is 0 Å². The number of carbonyl (C=O) groups is 2. The van der Waals surface area contributed by atoms with Gasteiger partial charge in [0.25, 0.3) is 21.8 Å². The third kappa shape index (κ3) is 3.24. The van der Waals surface area contributed by atoms with Crippen molar-refractivity contribution in [2.45, 2.75) is 4.90 Å². The van der Waals surface area contributed by atoms with Gasteiger partial charge < -0.3 is 0 Å². The molecule has 0 saturated carbocycles. The molecule has 0 unspecified atom stereocenters. The molecular formula is C19H11ClFN3O4S. The highest BCUT2D eigenvalue weighted by molar-refractivity contribution is 7.92. The first-order valence-electron chi connectivity index (χ1n) is 8.19. The molecule has 2 amide bonds. The highest BCUT2D eigenvalue weighted by Gasteiger charge is 2.41. The third-order valence-corrected chi connectivity index (χ3v) is 5.96. The predicted octanol–water partition coefficient (Wildman–Crippen LogP) is 3.48. The van der Waals surface area contributed by atoms with E-state index in [0.29, 0.717) is 0 Å². The van der Waals surface area contributed by atoms with E-state index in [1.165, 1.54) is 30.6 Å². The number of fused-ring (bicyclic) bond motifs is 1. The van der Waals surface area contributed by atoms with Crippen LogP contribution in [0.15, 0.2) is 65.8 Å². The highest BCUT2D eigenvalue weighted by Crippen LogP contribution is 2.37. The number of rotatable bonds is 4. The SMILES string of the molecule is O=C1c2c(Cl)ccc(NS(=O)(=O)c3ccc(F)cc3)c2C(=O)N1c1cccnc1. The van der Waals surface area contributed by atoms with Crippen LogP contribution < -0.4 is 9.62 Å². The minimum Gasteiger partial charge on any atom is -0.279 e. The maximum atomic E-state index is 13.1. The van der Waals surface area contributed by atoms with Gasteiger partial charge in [0.05, 0.1) is 38.6 Å². The number of anilines is 2. The molecule has 3 aromatic rings. The van der Waals surface area contributed by atoms with Crippen molar-refractivity contribution < 1.29 is 22.4 Å². The van der Waals surface area contributed by atoms with Gasteiger partial charge in [-0.3, -0.25) is 19.3 Å². The molecule has 29 heavy (non-hydrogen) atoms. The predicted molar refractivity (Wildman–Crippen MR) is 104 cm³/mol. The number of nitrogens with one attached hydrogen (secondary N) is 1. The first-order chi connectivity index (χ1) is 13.8. The van der Waals surface area contributed by atoms with Gasteiger partial charge in [0.2, 0.25) is 0 Å². The lowest BCUT2D eigenvalue weighted by molar-refractivity contribution is 0.0926. The minimum atomic E-state index is -4.14. The fourth-order valence-electron chi connectivity index (χ4n) is 2.95. The standard InChI is InChI=1S/C19H11ClFN3O4S/c20-14-7-8-15(23-29(27,28)13-5-3-11(21)4-6-13)17-16(14)18(25)24(19(17)26)12-2-1-9-22-10-12/h1-10,23H. The zero-order valence-electron chi connectivity index (χ0n) is 14.5. The van der Waals surface area contributed by atoms with E-state index in [1.54, 1.807) is 6.07 Å². The first-order valence-corrected chi connectivity index (χ1v) is 10.1. The molecule has 2 aromatic carbocycles. The van der Waals surface area contributed by atoms with Gasteiger partial charge in [-0.05, 0) is 48.5 Å². The number of aromatic nitrogens is 1. The Kier molecular flexibility index (Phi) is 4.56. The Morgan fingerprint density at radius 3 is 2.31 bits per heavy atom. The van der Waals surface area contributed by atoms with Crippen molar-refractivity contribution in [1.82, 2.24) is 4.98 Å². The summed E-state index contributed by atoms with van der Waals surface area (Å²) in [5.41, 5.74) is -0.169. The summed E-state index contributed by atoms with van der Waals surface area (Å²) in [5, 5.41) is 0.00877. The second kappa shape index (κ2) is 6.94. The van der Waals surface area contributed by atoms with Gasteiger partial charge in [-0.25, -0.2) is 17.7 Å². The molecule has 0 aliphatic carbocycles. The van der Waals surface area contributed by atoms with Crippen molar-refractivity contribution in [3.05, 3.63) is 82.9 Å². The van der Waals surface area contributed by atoms with E-state index >= 15 is 0 Å². The third-order valence-electron chi connectivity index (χ3n) is 4.26. The molecule has 1 aliphatic rings. The number of pyridine rings is 1. The van der Waals surface area contributed by atoms with E-state index in [0.717, 1.165) is 29.2 Å². The quantitative estimate of drug-likeness (QED) is 0.638. The molecule has 0 bridgehead atoms. The van der Waals surface area contributed by atoms with E-state index in [4.69, 9.17) is 11.6 Å². The summed E-state index contributed by atoms with van der Waals surface area (Å²) in [6, 6.07) is 9.86. The zero-order valence-corrected chi connectivity index (χ0v) is 16.0. The van der Waals surface area contributed by atoms with Crippen molar-refractivity contribution in [1.29, 1.82) is 0 Å². The molecule has 0 radical (unpaired) electrons. The van der Waals surface area contributed by atoms with Crippen LogP contribution >= 0.6 is 11.6 Å². The van der Waals surface area contributed by atoms with Gasteiger partial charge in [-0.2, -0.15) is 0 Å². The number of imide groups is 1. The number of sulfonamides is 1. The summed E-state index contributed by atoms with van der Waals surface area (Å²) in [5.74, 6) is -2.02. The van der Waals surface area contributed by atoms with Crippen molar-refractivity contribution in [2.24, 2.45) is 0 Å². The Morgan fingerprint density at radius 2 is 1.66 bits per heavy atom. The van der Waals surface area contributed by atoms with E-state index in [-0.39, 0.29) is 32.4 Å². The maximum absolute atomic E-state index is 13.1. The summed E-state index contributed by atoms with van der Waals surface area (Å²) in [6.07, 6.45) is 2.81. The molecule has 1 aliphatic heterocycles. The van der Waals surface area contributed by atoms with Gasteiger partial charge in [0.15, 0.2) is 0 Å². The van der Waals surface area contributed by atoms with Crippen LogP contribution in [0.25, 0.3) is 0 Å². The van der Waals surface area contributed by atoms with Crippen LogP contribution in [0.2, 0.25) is 5.02 Å². The Morgan fingerprint density at radius 1 is 0.966 bits per heavy atom. The van der Waals surface area contributed by atoms with Crippen molar-refractivity contribution >= 4 is 44.8 Å². The summed E-state index contributed by atoms with van der Waals surface area (Å²) >= 11 is 6.13. The molecule has 0 saturated heterocycles. The van der Waals surface area contributed by atoms with E-state index < -0.39 is 27.7 Å². The highest BCUT2D eigenvalue weighted by atomic mass is 35.5. The van der Waals surface area contributed by atoms with Crippen LogP contribution in [0.5, 0.6) is 0 Å². The number of carbonyl (C=O) groups excluding carboxylic acids is 2. The first kappa shape index (κ1) is 19.0. The Balaban J connectivity index is 1.79. The average molecular weight is 432 g/mol. The number of benzene rings is 2. The second-order valence-corrected chi connectivity index (χ2v) is 8.15. The summed E-state index contributed by atoms with van der Waals surface area (Å²) in [4.78, 5) is 30.4. The molecular weight excluding hydrogens is 421 g/mol. The molecule has 0 spiro atoms. The van der Waals surface area contributed by atoms with Crippen LogP contribution in [-0.2, 0) is 10.0 Å². The molecule has 1 aromatic heterocycles. The van der Waals surface area contributed by atoms with Gasteiger partial charge in [0, 0.05) is 6.20 Å². The van der Waals surface area contributed by atoms with Gasteiger partial charge in [0.1, 0.15) is 5.82 Å². The van der Waals surface area contributed by atoms with Crippen molar-refractivity contribution in [3.8, 4) is 0 Å². The van der Waals surface area contributed by atoms with Gasteiger partial charge >= 0.3 is 0 Å². The Bertz CT molecular complexity index is 1250. The number of amides is 2. The maximum Gasteiger partial charge on any atom is 0.268 e. The normalized spacial score (nSPS) is 13.5. The molecule has 146 valence electrons. The fraction of sp³-hybridized carbons (Fsp3) is 0. The number of nitrogens with zero attached hydrogens (tertiary/aromatic N) is 2. The van der Waals surface area contributed by atoms with Crippen LogP contribution in [-0.4, -0.2) is 25.2 Å². The topological polar surface area (TPSA) is 96.4 Å². The van der Waals surface area contributed by atoms with Crippen LogP contribution in [0.4, 0.5) is 15.8 Å². The molecule has 1 N–H and O–H groups in total. The molecule has 4 rings (SSSR count). The summed E-state index contributed by atoms with van der Waals surface area (Å²) in [7, 11) is -4.14. The fourth-order valence-corrected chi connectivity index (χ4v) is 4.26. The molecule has 2 heterocycles. The smallest absolute Gasteiger partial charge is 0.268 e. The van der Waals surface area contributed by atoms with Gasteiger partial charge in [-0.15, -0.1) is 0 Å². The van der Waals surface area contributed by atoms with E-state index in [1.807, 2.05) is 0 Å². The molecule has 10 heteroatoms. The lowest BCUT2D eigenvalue weighted by atomic mass is 10.1. The number of hydrogen-bond acceptors (Lipinski definition) is 5. The lowest BCUT2D eigenvalue weighted by Gasteiger charge is -2.13. The second-order valence-electron chi connectivity index (χ2n) is 6.06. The van der Waals surface area contributed by atoms with Gasteiger partial charge in [-0.1, -0.05) is 11.6 Å². The molecule has 0 atom stereocenters. The lowest BCUT2D eigenvalue weighted by Crippen LogP contribution is -2.29.